The van der Waals surface area contributed by atoms with E-state index in [0.717, 1.165) is 32.4 Å². The zero-order valence-corrected chi connectivity index (χ0v) is 9.85. The first-order valence-electron chi connectivity index (χ1n) is 5.23. The van der Waals surface area contributed by atoms with Crippen LogP contribution in [-0.2, 0) is 4.74 Å². The van der Waals surface area contributed by atoms with E-state index < -0.39 is 0 Å². The molecule has 1 aliphatic rings. The van der Waals surface area contributed by atoms with Crippen molar-refractivity contribution < 1.29 is 9.84 Å². The fourth-order valence-electron chi connectivity index (χ4n) is 1.72. The van der Waals surface area contributed by atoms with Crippen LogP contribution in [0.4, 0.5) is 0 Å². The second-order valence-electron chi connectivity index (χ2n) is 3.98. The molecule has 1 saturated carbocycles. The summed E-state index contributed by atoms with van der Waals surface area (Å²) in [5.41, 5.74) is 0. The van der Waals surface area contributed by atoms with Gasteiger partial charge in [0.05, 0.1) is 18.8 Å². The lowest BCUT2D eigenvalue weighted by Gasteiger charge is -2.16. The summed E-state index contributed by atoms with van der Waals surface area (Å²) in [6.07, 6.45) is 3.35. The Hall–Kier alpha value is 0.170. The largest absolute Gasteiger partial charge is 0.392 e. The van der Waals surface area contributed by atoms with E-state index in [0.29, 0.717) is 12.1 Å². The third kappa shape index (κ3) is 5.15. The van der Waals surface area contributed by atoms with Crippen LogP contribution >= 0.6 is 12.4 Å². The van der Waals surface area contributed by atoms with E-state index in [9.17, 15) is 5.11 Å². The Balaban J connectivity index is 0.00000169. The van der Waals surface area contributed by atoms with E-state index in [1.165, 1.54) is 0 Å². The van der Waals surface area contributed by atoms with Gasteiger partial charge in [0.15, 0.2) is 0 Å². The zero-order valence-electron chi connectivity index (χ0n) is 9.03. The number of aliphatic hydroxyl groups is 1. The molecule has 2 atom stereocenters. The molecule has 0 aromatic heterocycles. The Kier molecular flexibility index (Phi) is 7.55. The molecule has 0 aliphatic heterocycles. The van der Waals surface area contributed by atoms with Crippen molar-refractivity contribution in [1.82, 2.24) is 5.32 Å². The average molecular weight is 224 g/mol. The first-order chi connectivity index (χ1) is 6.20. The van der Waals surface area contributed by atoms with Crippen LogP contribution in [0.3, 0.4) is 0 Å². The van der Waals surface area contributed by atoms with E-state index in [1.807, 2.05) is 13.8 Å². The van der Waals surface area contributed by atoms with Crippen LogP contribution < -0.4 is 5.32 Å². The quantitative estimate of drug-likeness (QED) is 0.692. The molecule has 0 radical (unpaired) electrons. The molecule has 0 spiro atoms. The van der Waals surface area contributed by atoms with Crippen molar-refractivity contribution in [3.63, 3.8) is 0 Å². The number of hydrogen-bond acceptors (Lipinski definition) is 3. The number of aliphatic hydroxyl groups excluding tert-OH is 1. The molecule has 14 heavy (non-hydrogen) atoms. The minimum Gasteiger partial charge on any atom is -0.392 e. The van der Waals surface area contributed by atoms with E-state index in [4.69, 9.17) is 4.74 Å². The molecule has 0 heterocycles. The van der Waals surface area contributed by atoms with Crippen LogP contribution in [0.15, 0.2) is 0 Å². The maximum absolute atomic E-state index is 9.49. The van der Waals surface area contributed by atoms with Gasteiger partial charge < -0.3 is 15.2 Å². The average Bonchev–Trinajstić information content (AvgIpc) is 2.45. The third-order valence-electron chi connectivity index (χ3n) is 2.44. The van der Waals surface area contributed by atoms with Crippen LogP contribution in [0.25, 0.3) is 0 Å². The number of halogens is 1. The lowest BCUT2D eigenvalue weighted by Crippen LogP contribution is -2.37. The fourth-order valence-corrected chi connectivity index (χ4v) is 1.72. The van der Waals surface area contributed by atoms with Crippen LogP contribution in [0.5, 0.6) is 0 Å². The van der Waals surface area contributed by atoms with Gasteiger partial charge in [-0.25, -0.2) is 0 Å². The second-order valence-corrected chi connectivity index (χ2v) is 3.98. The van der Waals surface area contributed by atoms with Gasteiger partial charge in [-0.3, -0.25) is 0 Å². The highest BCUT2D eigenvalue weighted by Gasteiger charge is 2.23. The normalized spacial score (nSPS) is 26.6. The Labute approximate surface area is 92.6 Å². The van der Waals surface area contributed by atoms with E-state index in [2.05, 4.69) is 5.32 Å². The van der Waals surface area contributed by atoms with Gasteiger partial charge in [-0.2, -0.15) is 0 Å². The molecular weight excluding hydrogens is 202 g/mol. The fraction of sp³-hybridized carbons (Fsp3) is 1.00. The molecule has 1 fully saturated rings. The van der Waals surface area contributed by atoms with Gasteiger partial charge in [0.2, 0.25) is 0 Å². The van der Waals surface area contributed by atoms with Crippen molar-refractivity contribution in [3.8, 4) is 0 Å². The smallest absolute Gasteiger partial charge is 0.0693 e. The standard InChI is InChI=1S/C10H21NO2.ClH/c1-8(2)13-7-6-11-9-4-3-5-10(9)12;/h8-12H,3-7H2,1-2H3;1H/t9-,10-;/m0./s1. The summed E-state index contributed by atoms with van der Waals surface area (Å²) in [5, 5.41) is 12.8. The Bertz CT molecular complexity index is 144. The summed E-state index contributed by atoms with van der Waals surface area (Å²) in [6.45, 7) is 5.65. The van der Waals surface area contributed by atoms with E-state index in [-0.39, 0.29) is 18.5 Å². The van der Waals surface area contributed by atoms with Crippen LogP contribution in [0, 0.1) is 0 Å². The summed E-state index contributed by atoms with van der Waals surface area (Å²) in [5.74, 6) is 0. The second kappa shape index (κ2) is 7.46. The molecule has 3 nitrogen and oxygen atoms in total. The summed E-state index contributed by atoms with van der Waals surface area (Å²) in [7, 11) is 0. The maximum Gasteiger partial charge on any atom is 0.0693 e. The molecule has 0 aromatic carbocycles. The lowest BCUT2D eigenvalue weighted by atomic mass is 10.2. The van der Waals surface area contributed by atoms with Gasteiger partial charge in [0.25, 0.3) is 0 Å². The molecule has 86 valence electrons. The monoisotopic (exact) mass is 223 g/mol. The van der Waals surface area contributed by atoms with Crippen LogP contribution in [-0.4, -0.2) is 36.5 Å². The molecular formula is C10H22ClNO2. The van der Waals surface area contributed by atoms with Crippen molar-refractivity contribution in [2.75, 3.05) is 13.2 Å². The molecule has 2 N–H and O–H groups in total. The van der Waals surface area contributed by atoms with Crippen molar-refractivity contribution in [2.45, 2.75) is 51.4 Å². The highest BCUT2D eigenvalue weighted by atomic mass is 35.5. The number of nitrogens with one attached hydrogen (secondary N) is 1. The molecule has 4 heteroatoms. The maximum atomic E-state index is 9.49. The molecule has 1 aliphatic carbocycles. The predicted molar refractivity (Wildman–Crippen MR) is 60.0 cm³/mol. The van der Waals surface area contributed by atoms with Gasteiger partial charge in [-0.1, -0.05) is 0 Å². The van der Waals surface area contributed by atoms with Gasteiger partial charge >= 0.3 is 0 Å². The summed E-state index contributed by atoms with van der Waals surface area (Å²) in [4.78, 5) is 0. The minimum atomic E-state index is -0.140. The first kappa shape index (κ1) is 14.2. The van der Waals surface area contributed by atoms with E-state index in [1.54, 1.807) is 0 Å². The SMILES string of the molecule is CC(C)OCCN[C@H]1CCC[C@@H]1O.Cl. The number of rotatable bonds is 5. The third-order valence-corrected chi connectivity index (χ3v) is 2.44. The number of ether oxygens (including phenoxy) is 1. The molecule has 0 aromatic rings. The lowest BCUT2D eigenvalue weighted by molar-refractivity contribution is 0.0744. The van der Waals surface area contributed by atoms with Gasteiger partial charge in [-0.15, -0.1) is 12.4 Å². The summed E-state index contributed by atoms with van der Waals surface area (Å²) < 4.78 is 5.39. The summed E-state index contributed by atoms with van der Waals surface area (Å²) in [6, 6.07) is 0.302. The predicted octanol–water partition coefficient (Wildman–Crippen LogP) is 1.34. The van der Waals surface area contributed by atoms with Crippen molar-refractivity contribution in [2.24, 2.45) is 0 Å². The molecule has 0 bridgehead atoms. The number of hydrogen-bond donors (Lipinski definition) is 2. The van der Waals surface area contributed by atoms with E-state index >= 15 is 0 Å². The Morgan fingerprint density at radius 1 is 1.43 bits per heavy atom. The minimum absolute atomic E-state index is 0. The van der Waals surface area contributed by atoms with Crippen molar-refractivity contribution in [1.29, 1.82) is 0 Å². The molecule has 0 saturated heterocycles. The van der Waals surface area contributed by atoms with Crippen LogP contribution in [0.1, 0.15) is 33.1 Å². The first-order valence-corrected chi connectivity index (χ1v) is 5.23. The van der Waals surface area contributed by atoms with Crippen molar-refractivity contribution in [3.05, 3.63) is 0 Å². The zero-order chi connectivity index (χ0) is 9.68. The molecule has 0 amide bonds. The Morgan fingerprint density at radius 2 is 2.14 bits per heavy atom. The van der Waals surface area contributed by atoms with Crippen LogP contribution in [0.2, 0.25) is 0 Å². The topological polar surface area (TPSA) is 41.5 Å². The Morgan fingerprint density at radius 3 is 2.64 bits per heavy atom. The molecule has 0 unspecified atom stereocenters. The highest BCUT2D eigenvalue weighted by Crippen LogP contribution is 2.18. The highest BCUT2D eigenvalue weighted by molar-refractivity contribution is 5.85. The van der Waals surface area contributed by atoms with Crippen molar-refractivity contribution >= 4 is 12.4 Å². The van der Waals surface area contributed by atoms with Gasteiger partial charge in [0, 0.05) is 12.6 Å². The summed E-state index contributed by atoms with van der Waals surface area (Å²) >= 11 is 0. The van der Waals surface area contributed by atoms with Gasteiger partial charge in [-0.05, 0) is 33.1 Å². The molecule has 1 rings (SSSR count). The van der Waals surface area contributed by atoms with Gasteiger partial charge in [0.1, 0.15) is 0 Å².